The standard InChI is InChI=1S/C17H29ClN4O/c1-2-3-4-10-22-13-21(9-5-7-14-8-6-11-23-14)12-15-16(22)20-17(18)19-15/h14H,2-13H2,1H3,(H,19,20). The number of halogens is 1. The maximum absolute atomic E-state index is 6.09. The second-order valence-corrected chi connectivity index (χ2v) is 7.13. The molecule has 3 rings (SSSR count). The molecule has 23 heavy (non-hydrogen) atoms. The van der Waals surface area contributed by atoms with E-state index in [-0.39, 0.29) is 0 Å². The maximum Gasteiger partial charge on any atom is 0.202 e. The van der Waals surface area contributed by atoms with E-state index in [2.05, 4.69) is 26.7 Å². The van der Waals surface area contributed by atoms with E-state index in [1.54, 1.807) is 0 Å². The van der Waals surface area contributed by atoms with Crippen molar-refractivity contribution in [2.75, 3.05) is 31.3 Å². The maximum atomic E-state index is 6.09. The number of rotatable bonds is 8. The van der Waals surface area contributed by atoms with E-state index >= 15 is 0 Å². The van der Waals surface area contributed by atoms with Crippen LogP contribution in [0.5, 0.6) is 0 Å². The number of fused-ring (bicyclic) bond motifs is 1. The first-order chi connectivity index (χ1) is 11.3. The van der Waals surface area contributed by atoms with Gasteiger partial charge >= 0.3 is 0 Å². The Labute approximate surface area is 144 Å². The summed E-state index contributed by atoms with van der Waals surface area (Å²) in [4.78, 5) is 12.6. The number of nitrogens with zero attached hydrogens (tertiary/aromatic N) is 3. The first kappa shape index (κ1) is 17.1. The lowest BCUT2D eigenvalue weighted by Crippen LogP contribution is -2.43. The van der Waals surface area contributed by atoms with Crippen molar-refractivity contribution in [1.82, 2.24) is 14.9 Å². The van der Waals surface area contributed by atoms with Gasteiger partial charge in [0.15, 0.2) is 5.82 Å². The van der Waals surface area contributed by atoms with Gasteiger partial charge in [-0.2, -0.15) is 0 Å². The molecule has 1 fully saturated rings. The summed E-state index contributed by atoms with van der Waals surface area (Å²) in [7, 11) is 0. The summed E-state index contributed by atoms with van der Waals surface area (Å²) in [6.07, 6.45) is 9.07. The number of H-pyrrole nitrogens is 1. The Morgan fingerprint density at radius 1 is 1.30 bits per heavy atom. The zero-order valence-electron chi connectivity index (χ0n) is 14.2. The van der Waals surface area contributed by atoms with Crippen LogP contribution in [-0.4, -0.2) is 47.3 Å². The second kappa shape index (κ2) is 8.36. The molecule has 1 aromatic rings. The highest BCUT2D eigenvalue weighted by atomic mass is 35.5. The Balaban J connectivity index is 1.53. The van der Waals surface area contributed by atoms with Crippen molar-refractivity contribution < 1.29 is 4.74 Å². The summed E-state index contributed by atoms with van der Waals surface area (Å²) in [5.41, 5.74) is 1.16. The van der Waals surface area contributed by atoms with Gasteiger partial charge in [-0.1, -0.05) is 19.8 Å². The second-order valence-electron chi connectivity index (χ2n) is 6.77. The van der Waals surface area contributed by atoms with E-state index in [9.17, 15) is 0 Å². The molecule has 0 radical (unpaired) electrons. The first-order valence-corrected chi connectivity index (χ1v) is 9.47. The molecule has 6 heteroatoms. The quantitative estimate of drug-likeness (QED) is 0.731. The monoisotopic (exact) mass is 340 g/mol. The van der Waals surface area contributed by atoms with Gasteiger partial charge in [-0.25, -0.2) is 4.98 Å². The number of aromatic amines is 1. The van der Waals surface area contributed by atoms with Gasteiger partial charge in [-0.05, 0) is 43.7 Å². The average Bonchev–Trinajstić information content (AvgIpc) is 3.16. The van der Waals surface area contributed by atoms with Gasteiger partial charge in [0.1, 0.15) is 0 Å². The van der Waals surface area contributed by atoms with E-state index in [4.69, 9.17) is 16.3 Å². The Morgan fingerprint density at radius 3 is 3.00 bits per heavy atom. The molecule has 1 N–H and O–H groups in total. The number of ether oxygens (including phenoxy) is 1. The SMILES string of the molecule is CCCCCN1CN(CCCC2CCCO2)Cc2[nH]c(Cl)nc21. The van der Waals surface area contributed by atoms with Crippen LogP contribution in [0.1, 0.15) is 57.6 Å². The molecule has 3 heterocycles. The molecule has 0 saturated carbocycles. The van der Waals surface area contributed by atoms with Gasteiger partial charge in [0, 0.05) is 26.2 Å². The van der Waals surface area contributed by atoms with Crippen molar-refractivity contribution in [3.05, 3.63) is 11.0 Å². The lowest BCUT2D eigenvalue weighted by Gasteiger charge is -2.35. The van der Waals surface area contributed by atoms with Crippen molar-refractivity contribution in [3.8, 4) is 0 Å². The number of hydrogen-bond acceptors (Lipinski definition) is 4. The molecule has 1 atom stereocenters. The number of imidazole rings is 1. The van der Waals surface area contributed by atoms with E-state index in [0.717, 1.165) is 44.4 Å². The third-order valence-corrected chi connectivity index (χ3v) is 5.02. The average molecular weight is 341 g/mol. The number of unbranched alkanes of at least 4 members (excludes halogenated alkanes) is 2. The first-order valence-electron chi connectivity index (χ1n) is 9.09. The van der Waals surface area contributed by atoms with Crippen LogP contribution in [0.2, 0.25) is 5.28 Å². The molecule has 0 aromatic carbocycles. The molecule has 0 spiro atoms. The normalized spacial score (nSPS) is 21.8. The Morgan fingerprint density at radius 2 is 2.22 bits per heavy atom. The van der Waals surface area contributed by atoms with Crippen molar-refractivity contribution in [2.45, 2.75) is 64.5 Å². The Hall–Kier alpha value is -0.780. The molecule has 0 aliphatic carbocycles. The predicted octanol–water partition coefficient (Wildman–Crippen LogP) is 3.79. The summed E-state index contributed by atoms with van der Waals surface area (Å²) in [5.74, 6) is 1.06. The third-order valence-electron chi connectivity index (χ3n) is 4.84. The smallest absolute Gasteiger partial charge is 0.202 e. The molecule has 2 aliphatic heterocycles. The molecule has 1 aromatic heterocycles. The summed E-state index contributed by atoms with van der Waals surface area (Å²) in [6.45, 7) is 7.25. The minimum atomic E-state index is 0.498. The molecular formula is C17H29ClN4O. The molecule has 2 aliphatic rings. The van der Waals surface area contributed by atoms with Gasteiger partial charge in [-0.3, -0.25) is 4.90 Å². The van der Waals surface area contributed by atoms with Gasteiger partial charge in [0.25, 0.3) is 0 Å². The van der Waals surface area contributed by atoms with Crippen LogP contribution in [0.4, 0.5) is 5.82 Å². The van der Waals surface area contributed by atoms with Crippen LogP contribution in [0.25, 0.3) is 0 Å². The molecule has 0 bridgehead atoms. The van der Waals surface area contributed by atoms with Gasteiger partial charge in [0.05, 0.1) is 18.5 Å². The molecule has 1 saturated heterocycles. The molecule has 130 valence electrons. The zero-order valence-corrected chi connectivity index (χ0v) is 14.9. The fraction of sp³-hybridized carbons (Fsp3) is 0.824. The largest absolute Gasteiger partial charge is 0.378 e. The van der Waals surface area contributed by atoms with Crippen molar-refractivity contribution >= 4 is 17.4 Å². The minimum Gasteiger partial charge on any atom is -0.378 e. The minimum absolute atomic E-state index is 0.498. The number of aromatic nitrogens is 2. The molecular weight excluding hydrogens is 312 g/mol. The summed E-state index contributed by atoms with van der Waals surface area (Å²) in [5, 5.41) is 0.511. The Bertz CT molecular complexity index is 487. The highest BCUT2D eigenvalue weighted by Gasteiger charge is 2.26. The lowest BCUT2D eigenvalue weighted by molar-refractivity contribution is 0.0979. The molecule has 0 amide bonds. The van der Waals surface area contributed by atoms with Crippen LogP contribution in [0.15, 0.2) is 0 Å². The number of nitrogens with one attached hydrogen (secondary N) is 1. The van der Waals surface area contributed by atoms with Crippen LogP contribution in [0, 0.1) is 0 Å². The van der Waals surface area contributed by atoms with Crippen molar-refractivity contribution in [1.29, 1.82) is 0 Å². The topological polar surface area (TPSA) is 44.4 Å². The van der Waals surface area contributed by atoms with Crippen LogP contribution in [-0.2, 0) is 11.3 Å². The summed E-state index contributed by atoms with van der Waals surface area (Å²) < 4.78 is 5.73. The van der Waals surface area contributed by atoms with Crippen LogP contribution >= 0.6 is 11.6 Å². The van der Waals surface area contributed by atoms with Crippen LogP contribution < -0.4 is 4.90 Å². The van der Waals surface area contributed by atoms with Gasteiger partial charge in [-0.15, -0.1) is 0 Å². The van der Waals surface area contributed by atoms with Gasteiger partial charge in [0.2, 0.25) is 5.28 Å². The Kier molecular flexibility index (Phi) is 6.20. The molecule has 5 nitrogen and oxygen atoms in total. The van der Waals surface area contributed by atoms with E-state index in [1.807, 2.05) is 0 Å². The van der Waals surface area contributed by atoms with E-state index in [1.165, 1.54) is 44.9 Å². The number of hydrogen-bond donors (Lipinski definition) is 1. The van der Waals surface area contributed by atoms with Crippen molar-refractivity contribution in [2.24, 2.45) is 0 Å². The summed E-state index contributed by atoms with van der Waals surface area (Å²) >= 11 is 6.09. The third kappa shape index (κ3) is 4.61. The number of anilines is 1. The van der Waals surface area contributed by atoms with E-state index in [0.29, 0.717) is 11.4 Å². The van der Waals surface area contributed by atoms with Crippen molar-refractivity contribution in [3.63, 3.8) is 0 Å². The fourth-order valence-corrected chi connectivity index (χ4v) is 3.81. The zero-order chi connectivity index (χ0) is 16.1. The fourth-order valence-electron chi connectivity index (χ4n) is 3.62. The predicted molar refractivity (Wildman–Crippen MR) is 94.0 cm³/mol. The lowest BCUT2D eigenvalue weighted by atomic mass is 10.1. The van der Waals surface area contributed by atoms with Crippen LogP contribution in [0.3, 0.4) is 0 Å². The van der Waals surface area contributed by atoms with E-state index < -0.39 is 0 Å². The van der Waals surface area contributed by atoms with Gasteiger partial charge < -0.3 is 14.6 Å². The highest BCUT2D eigenvalue weighted by molar-refractivity contribution is 6.28. The molecule has 1 unspecified atom stereocenters. The highest BCUT2D eigenvalue weighted by Crippen LogP contribution is 2.27. The summed E-state index contributed by atoms with van der Waals surface area (Å²) in [6, 6.07) is 0.